The Morgan fingerprint density at radius 3 is 2.41 bits per heavy atom. The second-order valence-corrected chi connectivity index (χ2v) is 6.26. The van der Waals surface area contributed by atoms with E-state index in [4.69, 9.17) is 11.6 Å². The number of amides is 1. The number of hydrogen-bond acceptors (Lipinski definition) is 4. The molecule has 0 aliphatic heterocycles. The van der Waals surface area contributed by atoms with Crippen molar-refractivity contribution in [1.29, 1.82) is 0 Å². The molecule has 0 aliphatic carbocycles. The van der Waals surface area contributed by atoms with E-state index in [2.05, 4.69) is 10.4 Å². The minimum Gasteiger partial charge on any atom is -0.506 e. The van der Waals surface area contributed by atoms with Gasteiger partial charge in [0.1, 0.15) is 10.8 Å². The lowest BCUT2D eigenvalue weighted by molar-refractivity contribution is -0.143. The third kappa shape index (κ3) is 3.83. The second-order valence-electron chi connectivity index (χ2n) is 5.88. The molecule has 2 N–H and O–H groups in total. The van der Waals surface area contributed by atoms with Crippen LogP contribution in [0, 0.1) is 0 Å². The highest BCUT2D eigenvalue weighted by Gasteiger charge is 2.40. The molecule has 0 fully saturated rings. The van der Waals surface area contributed by atoms with Crippen molar-refractivity contribution >= 4 is 17.5 Å². The van der Waals surface area contributed by atoms with Crippen molar-refractivity contribution in [1.82, 2.24) is 19.7 Å². The number of aromatic nitrogens is 3. The van der Waals surface area contributed by atoms with Gasteiger partial charge in [-0.25, -0.2) is 4.68 Å². The number of carbonyl (C=O) groups is 1. The van der Waals surface area contributed by atoms with Crippen LogP contribution >= 0.6 is 11.6 Å². The average Bonchev–Trinajstić information content (AvgIpc) is 3.12. The third-order valence-corrected chi connectivity index (χ3v) is 4.36. The average molecular weight is 427 g/mol. The molecule has 11 heteroatoms. The van der Waals surface area contributed by atoms with E-state index < -0.39 is 28.9 Å². The fraction of sp³-hybridized carbons (Fsp3) is 0.167. The van der Waals surface area contributed by atoms with Crippen molar-refractivity contribution in [2.75, 3.05) is 6.54 Å². The van der Waals surface area contributed by atoms with Crippen LogP contribution in [0.4, 0.5) is 13.2 Å². The quantitative estimate of drug-likeness (QED) is 0.670. The standard InChI is InChI=1S/C18H14ClF3N4O3/c1-2-23-16(28)12-9-24-26(15(12)18(20,21)22)11-5-3-10(4-6-11)25-8-7-13(27)14(19)17(25)29/h3-9,27H,2H2,1H3,(H,23,28). The summed E-state index contributed by atoms with van der Waals surface area (Å²) in [5.74, 6) is -1.26. The van der Waals surface area contributed by atoms with Crippen molar-refractivity contribution < 1.29 is 23.1 Å². The molecular formula is C18H14ClF3N4O3. The molecule has 0 aliphatic rings. The molecule has 0 spiro atoms. The van der Waals surface area contributed by atoms with E-state index in [1.165, 1.54) is 36.5 Å². The Bertz CT molecular complexity index is 1120. The highest BCUT2D eigenvalue weighted by Crippen LogP contribution is 2.33. The maximum Gasteiger partial charge on any atom is 0.434 e. The fourth-order valence-corrected chi connectivity index (χ4v) is 2.85. The van der Waals surface area contributed by atoms with Crippen LogP contribution < -0.4 is 10.9 Å². The van der Waals surface area contributed by atoms with Crippen LogP contribution in [0.2, 0.25) is 5.02 Å². The van der Waals surface area contributed by atoms with Gasteiger partial charge in [-0.05, 0) is 37.3 Å². The zero-order chi connectivity index (χ0) is 21.3. The van der Waals surface area contributed by atoms with E-state index in [-0.39, 0.29) is 23.0 Å². The van der Waals surface area contributed by atoms with Gasteiger partial charge >= 0.3 is 6.18 Å². The van der Waals surface area contributed by atoms with Gasteiger partial charge in [-0.3, -0.25) is 14.2 Å². The van der Waals surface area contributed by atoms with Gasteiger partial charge in [-0.15, -0.1) is 0 Å². The molecule has 0 bridgehead atoms. The SMILES string of the molecule is CCNC(=O)c1cnn(-c2ccc(-n3ccc(O)c(Cl)c3=O)cc2)c1C(F)(F)F. The van der Waals surface area contributed by atoms with Crippen LogP contribution in [0.15, 0.2) is 47.5 Å². The Labute approximate surface area is 167 Å². The maximum atomic E-state index is 13.6. The summed E-state index contributed by atoms with van der Waals surface area (Å²) in [6.07, 6.45) is -2.69. The Hall–Kier alpha value is -3.27. The van der Waals surface area contributed by atoms with Crippen LogP contribution in [-0.4, -0.2) is 31.9 Å². The lowest BCUT2D eigenvalue weighted by Gasteiger charge is -2.13. The van der Waals surface area contributed by atoms with Gasteiger partial charge in [0.2, 0.25) is 0 Å². The van der Waals surface area contributed by atoms with Crippen LogP contribution in [0.3, 0.4) is 0 Å². The van der Waals surface area contributed by atoms with Gasteiger partial charge in [0.25, 0.3) is 11.5 Å². The summed E-state index contributed by atoms with van der Waals surface area (Å²) in [6, 6.07) is 6.61. The lowest BCUT2D eigenvalue weighted by atomic mass is 10.2. The van der Waals surface area contributed by atoms with Gasteiger partial charge in [0.15, 0.2) is 5.69 Å². The number of alkyl halides is 3. The topological polar surface area (TPSA) is 89.2 Å². The monoisotopic (exact) mass is 426 g/mol. The van der Waals surface area contributed by atoms with Crippen molar-refractivity contribution in [3.05, 3.63) is 69.4 Å². The normalized spacial score (nSPS) is 11.5. The van der Waals surface area contributed by atoms with Crippen LogP contribution in [0.1, 0.15) is 23.0 Å². The van der Waals surface area contributed by atoms with Crippen LogP contribution in [-0.2, 0) is 6.18 Å². The molecule has 0 unspecified atom stereocenters. The molecule has 1 amide bonds. The maximum absolute atomic E-state index is 13.6. The Morgan fingerprint density at radius 1 is 1.21 bits per heavy atom. The highest BCUT2D eigenvalue weighted by atomic mass is 35.5. The molecule has 29 heavy (non-hydrogen) atoms. The summed E-state index contributed by atoms with van der Waals surface area (Å²) in [5, 5.41) is 15.1. The van der Waals surface area contributed by atoms with E-state index in [0.29, 0.717) is 10.4 Å². The summed E-state index contributed by atoms with van der Waals surface area (Å²) < 4.78 is 42.5. The zero-order valence-electron chi connectivity index (χ0n) is 14.9. The van der Waals surface area contributed by atoms with Gasteiger partial charge < -0.3 is 10.4 Å². The van der Waals surface area contributed by atoms with E-state index in [0.717, 1.165) is 10.8 Å². The fourth-order valence-electron chi connectivity index (χ4n) is 2.70. The summed E-state index contributed by atoms with van der Waals surface area (Å²) in [5.41, 5.74) is -2.14. The van der Waals surface area contributed by atoms with Gasteiger partial charge in [0, 0.05) is 18.4 Å². The molecule has 0 atom stereocenters. The number of hydrogen-bond donors (Lipinski definition) is 2. The number of rotatable bonds is 4. The molecular weight excluding hydrogens is 413 g/mol. The molecule has 2 aromatic heterocycles. The largest absolute Gasteiger partial charge is 0.506 e. The summed E-state index contributed by atoms with van der Waals surface area (Å²) in [7, 11) is 0. The predicted molar refractivity (Wildman–Crippen MR) is 98.8 cm³/mol. The molecule has 0 saturated carbocycles. The zero-order valence-corrected chi connectivity index (χ0v) is 15.6. The van der Waals surface area contributed by atoms with E-state index in [9.17, 15) is 27.9 Å². The van der Waals surface area contributed by atoms with Crippen molar-refractivity contribution in [2.24, 2.45) is 0 Å². The van der Waals surface area contributed by atoms with Crippen molar-refractivity contribution in [2.45, 2.75) is 13.1 Å². The second kappa shape index (κ2) is 7.63. The number of benzene rings is 1. The van der Waals surface area contributed by atoms with E-state index >= 15 is 0 Å². The summed E-state index contributed by atoms with van der Waals surface area (Å²) >= 11 is 5.73. The summed E-state index contributed by atoms with van der Waals surface area (Å²) in [6.45, 7) is 1.76. The molecule has 0 saturated heterocycles. The molecule has 152 valence electrons. The molecule has 0 radical (unpaired) electrons. The number of halogens is 4. The molecule has 7 nitrogen and oxygen atoms in total. The van der Waals surface area contributed by atoms with Gasteiger partial charge in [-0.2, -0.15) is 18.3 Å². The number of nitrogens with zero attached hydrogens (tertiary/aromatic N) is 3. The summed E-state index contributed by atoms with van der Waals surface area (Å²) in [4.78, 5) is 24.1. The smallest absolute Gasteiger partial charge is 0.434 e. The Balaban J connectivity index is 2.06. The van der Waals surface area contributed by atoms with Gasteiger partial charge in [0.05, 0.1) is 17.4 Å². The van der Waals surface area contributed by atoms with Crippen molar-refractivity contribution in [3.63, 3.8) is 0 Å². The third-order valence-electron chi connectivity index (χ3n) is 4.01. The molecule has 1 aromatic carbocycles. The van der Waals surface area contributed by atoms with Crippen LogP contribution in [0.25, 0.3) is 11.4 Å². The number of nitrogens with one attached hydrogen (secondary N) is 1. The minimum absolute atomic E-state index is 0.0366. The van der Waals surface area contributed by atoms with Crippen LogP contribution in [0.5, 0.6) is 5.75 Å². The minimum atomic E-state index is -4.82. The first kappa shape index (κ1) is 20.5. The first-order chi connectivity index (χ1) is 13.6. The van der Waals surface area contributed by atoms with Gasteiger partial charge in [-0.1, -0.05) is 11.6 Å². The Kier molecular flexibility index (Phi) is 5.38. The molecule has 2 heterocycles. The lowest BCUT2D eigenvalue weighted by Crippen LogP contribution is -2.26. The molecule has 3 aromatic rings. The first-order valence-corrected chi connectivity index (χ1v) is 8.67. The number of pyridine rings is 1. The molecule has 3 rings (SSSR count). The van der Waals surface area contributed by atoms with Crippen molar-refractivity contribution in [3.8, 4) is 17.1 Å². The number of aromatic hydroxyl groups is 1. The Morgan fingerprint density at radius 2 is 1.83 bits per heavy atom. The number of carbonyl (C=O) groups excluding carboxylic acids is 1. The first-order valence-electron chi connectivity index (χ1n) is 8.29. The predicted octanol–water partition coefficient (Wildman–Crippen LogP) is 3.15. The van der Waals surface area contributed by atoms with E-state index in [1.54, 1.807) is 6.92 Å². The highest BCUT2D eigenvalue weighted by molar-refractivity contribution is 6.31. The van der Waals surface area contributed by atoms with E-state index in [1.807, 2.05) is 0 Å².